The molecule has 0 radical (unpaired) electrons. The maximum absolute atomic E-state index is 15.5. The maximum atomic E-state index is 15.5. The van der Waals surface area contributed by atoms with E-state index in [-0.39, 0.29) is 22.6 Å². The molecular weight excluding hydrogens is 509 g/mol. The first-order valence-corrected chi connectivity index (χ1v) is 14.2. The van der Waals surface area contributed by atoms with E-state index in [2.05, 4.69) is 58.4 Å². The molecule has 1 aromatic heterocycles. The molecule has 0 saturated carbocycles. The van der Waals surface area contributed by atoms with Crippen LogP contribution in [0, 0.1) is 5.82 Å². The Bertz CT molecular complexity index is 1450. The molecule has 0 spiro atoms. The van der Waals surface area contributed by atoms with Crippen molar-refractivity contribution >= 4 is 40.7 Å². The standard InChI is InChI=1S/C31H32FN5OS/c1-31(2,3)22-9-7-21(8-10-22)29(38)35-27-6-4-5-25(28(27)32)26-15-16-33-30(36-26)34-23-11-13-24(14-12-23)37-17-19-39-20-18-37/h4-16H,17-20H2,1-3H3,(H,35,38)(H,33,34,36). The van der Waals surface area contributed by atoms with E-state index >= 15 is 4.39 Å². The average molecular weight is 542 g/mol. The SMILES string of the molecule is CC(C)(C)c1ccc(C(=O)Nc2cccc(-c3ccnc(Nc4ccc(N5CCSCC5)cc4)n3)c2F)cc1. The lowest BCUT2D eigenvalue weighted by Crippen LogP contribution is -2.32. The maximum Gasteiger partial charge on any atom is 0.255 e. The molecule has 4 aromatic rings. The van der Waals surface area contributed by atoms with E-state index in [1.165, 1.54) is 5.69 Å². The average Bonchev–Trinajstić information content (AvgIpc) is 2.95. The van der Waals surface area contributed by atoms with Crippen LogP contribution in [-0.2, 0) is 5.41 Å². The predicted molar refractivity (Wildman–Crippen MR) is 160 cm³/mol. The Hall–Kier alpha value is -3.91. The summed E-state index contributed by atoms with van der Waals surface area (Å²) in [5.74, 6) is 1.73. The van der Waals surface area contributed by atoms with Crippen LogP contribution in [-0.4, -0.2) is 40.5 Å². The second-order valence-electron chi connectivity index (χ2n) is 10.5. The molecule has 3 aromatic carbocycles. The number of nitrogens with zero attached hydrogens (tertiary/aromatic N) is 3. The Kier molecular flexibility index (Phi) is 7.84. The van der Waals surface area contributed by atoms with Crippen LogP contribution in [0.15, 0.2) is 79.0 Å². The molecule has 1 aliphatic rings. The van der Waals surface area contributed by atoms with Crippen LogP contribution in [0.3, 0.4) is 0 Å². The fourth-order valence-corrected chi connectivity index (χ4v) is 5.32. The molecule has 1 aliphatic heterocycles. The van der Waals surface area contributed by atoms with Gasteiger partial charge in [0.15, 0.2) is 5.82 Å². The van der Waals surface area contributed by atoms with Gasteiger partial charge in [0.25, 0.3) is 5.91 Å². The van der Waals surface area contributed by atoms with E-state index in [1.54, 1.807) is 42.6 Å². The molecule has 0 unspecified atom stereocenters. The van der Waals surface area contributed by atoms with E-state index in [0.29, 0.717) is 17.2 Å². The van der Waals surface area contributed by atoms with E-state index < -0.39 is 5.82 Å². The molecule has 200 valence electrons. The molecule has 8 heteroatoms. The Morgan fingerprint density at radius 3 is 2.36 bits per heavy atom. The number of carbonyl (C=O) groups excluding carboxylic acids is 1. The summed E-state index contributed by atoms with van der Waals surface area (Å²) in [4.78, 5) is 24.1. The fourth-order valence-electron chi connectivity index (χ4n) is 4.42. The second-order valence-corrected chi connectivity index (χ2v) is 11.7. The van der Waals surface area contributed by atoms with Crippen molar-refractivity contribution in [3.8, 4) is 11.3 Å². The van der Waals surface area contributed by atoms with Gasteiger partial charge in [0.2, 0.25) is 5.95 Å². The quantitative estimate of drug-likeness (QED) is 0.271. The summed E-state index contributed by atoms with van der Waals surface area (Å²) in [7, 11) is 0. The van der Waals surface area contributed by atoms with Crippen molar-refractivity contribution in [2.75, 3.05) is 40.1 Å². The van der Waals surface area contributed by atoms with Crippen molar-refractivity contribution in [2.45, 2.75) is 26.2 Å². The zero-order valence-corrected chi connectivity index (χ0v) is 23.2. The highest BCUT2D eigenvalue weighted by molar-refractivity contribution is 7.99. The third kappa shape index (κ3) is 6.40. The molecule has 1 amide bonds. The Labute approximate surface area is 233 Å². The Morgan fingerprint density at radius 1 is 0.949 bits per heavy atom. The first-order valence-electron chi connectivity index (χ1n) is 13.0. The number of hydrogen-bond donors (Lipinski definition) is 2. The molecule has 39 heavy (non-hydrogen) atoms. The van der Waals surface area contributed by atoms with E-state index in [0.717, 1.165) is 35.8 Å². The van der Waals surface area contributed by atoms with Gasteiger partial charge in [-0.05, 0) is 65.6 Å². The summed E-state index contributed by atoms with van der Waals surface area (Å²) in [6.45, 7) is 8.45. The third-order valence-electron chi connectivity index (χ3n) is 6.69. The van der Waals surface area contributed by atoms with Gasteiger partial charge >= 0.3 is 0 Å². The molecule has 1 saturated heterocycles. The Balaban J connectivity index is 1.30. The largest absolute Gasteiger partial charge is 0.370 e. The van der Waals surface area contributed by atoms with Crippen molar-refractivity contribution < 1.29 is 9.18 Å². The van der Waals surface area contributed by atoms with Crippen molar-refractivity contribution in [2.24, 2.45) is 0 Å². The number of aromatic nitrogens is 2. The van der Waals surface area contributed by atoms with Gasteiger partial charge in [-0.15, -0.1) is 0 Å². The predicted octanol–water partition coefficient (Wildman–Crippen LogP) is 7.13. The van der Waals surface area contributed by atoms with Crippen LogP contribution in [0.4, 0.5) is 27.4 Å². The van der Waals surface area contributed by atoms with E-state index in [9.17, 15) is 4.79 Å². The normalized spacial score (nSPS) is 13.7. The molecule has 0 atom stereocenters. The first kappa shape index (κ1) is 26.7. The van der Waals surface area contributed by atoms with Crippen molar-refractivity contribution in [1.82, 2.24) is 9.97 Å². The highest BCUT2D eigenvalue weighted by Crippen LogP contribution is 2.29. The van der Waals surface area contributed by atoms with Crippen LogP contribution in [0.5, 0.6) is 0 Å². The molecule has 6 nitrogen and oxygen atoms in total. The highest BCUT2D eigenvalue weighted by atomic mass is 32.2. The van der Waals surface area contributed by atoms with Crippen LogP contribution >= 0.6 is 11.8 Å². The number of hydrogen-bond acceptors (Lipinski definition) is 6. The minimum Gasteiger partial charge on any atom is -0.370 e. The van der Waals surface area contributed by atoms with Gasteiger partial charge in [0.05, 0.1) is 11.4 Å². The summed E-state index contributed by atoms with van der Waals surface area (Å²) >= 11 is 1.98. The van der Waals surface area contributed by atoms with Crippen molar-refractivity contribution in [3.05, 3.63) is 95.9 Å². The number of benzene rings is 3. The zero-order valence-electron chi connectivity index (χ0n) is 22.4. The highest BCUT2D eigenvalue weighted by Gasteiger charge is 2.17. The lowest BCUT2D eigenvalue weighted by molar-refractivity contribution is 0.102. The molecular formula is C31H32FN5OS. The monoisotopic (exact) mass is 541 g/mol. The lowest BCUT2D eigenvalue weighted by Gasteiger charge is -2.28. The minimum absolute atomic E-state index is 0.0173. The van der Waals surface area contributed by atoms with Crippen LogP contribution in [0.1, 0.15) is 36.7 Å². The lowest BCUT2D eigenvalue weighted by atomic mass is 9.87. The first-order chi connectivity index (χ1) is 18.8. The van der Waals surface area contributed by atoms with Gasteiger partial charge in [0, 0.05) is 53.3 Å². The Morgan fingerprint density at radius 2 is 1.67 bits per heavy atom. The van der Waals surface area contributed by atoms with Gasteiger partial charge in [-0.25, -0.2) is 14.4 Å². The number of amides is 1. The second kappa shape index (κ2) is 11.5. The number of anilines is 4. The van der Waals surface area contributed by atoms with Crippen LogP contribution < -0.4 is 15.5 Å². The summed E-state index contributed by atoms with van der Waals surface area (Å²) in [5.41, 5.74) is 4.40. The molecule has 2 N–H and O–H groups in total. The number of carbonyl (C=O) groups is 1. The summed E-state index contributed by atoms with van der Waals surface area (Å²) in [6, 6.07) is 22.1. The zero-order chi connectivity index (χ0) is 27.4. The van der Waals surface area contributed by atoms with Gasteiger partial charge in [0.1, 0.15) is 0 Å². The number of rotatable bonds is 6. The van der Waals surface area contributed by atoms with Gasteiger partial charge in [-0.2, -0.15) is 11.8 Å². The van der Waals surface area contributed by atoms with Crippen LogP contribution in [0.2, 0.25) is 0 Å². The smallest absolute Gasteiger partial charge is 0.255 e. The number of nitrogens with one attached hydrogen (secondary N) is 2. The number of halogens is 1. The molecule has 0 aliphatic carbocycles. The van der Waals surface area contributed by atoms with E-state index in [1.807, 2.05) is 36.0 Å². The fraction of sp³-hybridized carbons (Fsp3) is 0.258. The van der Waals surface area contributed by atoms with Crippen molar-refractivity contribution in [1.29, 1.82) is 0 Å². The van der Waals surface area contributed by atoms with Gasteiger partial charge in [-0.3, -0.25) is 4.79 Å². The summed E-state index contributed by atoms with van der Waals surface area (Å²) < 4.78 is 15.5. The summed E-state index contributed by atoms with van der Waals surface area (Å²) in [5, 5.41) is 5.91. The summed E-state index contributed by atoms with van der Waals surface area (Å²) in [6.07, 6.45) is 1.59. The molecule has 5 rings (SSSR count). The minimum atomic E-state index is -0.550. The molecule has 0 bridgehead atoms. The van der Waals surface area contributed by atoms with Gasteiger partial charge in [-0.1, -0.05) is 39.0 Å². The third-order valence-corrected chi connectivity index (χ3v) is 7.63. The molecule has 2 heterocycles. The van der Waals surface area contributed by atoms with Crippen molar-refractivity contribution in [3.63, 3.8) is 0 Å². The van der Waals surface area contributed by atoms with Crippen LogP contribution in [0.25, 0.3) is 11.3 Å². The molecule has 1 fully saturated rings. The van der Waals surface area contributed by atoms with E-state index in [4.69, 9.17) is 0 Å². The van der Waals surface area contributed by atoms with Gasteiger partial charge < -0.3 is 15.5 Å². The topological polar surface area (TPSA) is 70.2 Å². The number of thioether (sulfide) groups is 1.